The van der Waals surface area contributed by atoms with E-state index in [0.717, 1.165) is 6.26 Å². The zero-order valence-electron chi connectivity index (χ0n) is 20.7. The quantitative estimate of drug-likeness (QED) is 0.379. The number of anilines is 1. The van der Waals surface area contributed by atoms with Gasteiger partial charge in [0.25, 0.3) is 0 Å². The highest BCUT2D eigenvalue weighted by molar-refractivity contribution is 7.88. The molecule has 1 aromatic carbocycles. The Labute approximate surface area is 214 Å². The summed E-state index contributed by atoms with van der Waals surface area (Å²) in [5.74, 6) is 0.139. The highest BCUT2D eigenvalue weighted by Gasteiger charge is 2.35. The third-order valence-electron chi connectivity index (χ3n) is 5.69. The van der Waals surface area contributed by atoms with Crippen molar-refractivity contribution in [2.45, 2.75) is 20.1 Å². The van der Waals surface area contributed by atoms with Crippen LogP contribution in [0.5, 0.6) is 0 Å². The van der Waals surface area contributed by atoms with E-state index >= 15 is 0 Å². The fourth-order valence-electron chi connectivity index (χ4n) is 3.59. The number of aromatic amines is 1. The largest absolute Gasteiger partial charge is 0.353 e. The summed E-state index contributed by atoms with van der Waals surface area (Å²) in [5.41, 5.74) is 1.70. The molecule has 0 saturated carbocycles. The first kappa shape index (κ1) is 26.6. The Hall–Kier alpha value is -3.44. The molecule has 37 heavy (non-hydrogen) atoms. The molecule has 0 aliphatic carbocycles. The minimum Gasteiger partial charge on any atom is -0.353 e. The van der Waals surface area contributed by atoms with E-state index in [2.05, 4.69) is 31.1 Å². The average molecular weight is 530 g/mol. The standard InChI is InChI=1S/C24H28FN7O4S/c1-15(10-26)11-28-23-27-9-8-18(30-23)20-19(16-4-6-17(25)7-5-16)31-21(32-20)22-35-13-24(2,14-36-22)12-29-37(3,33)34/h4-9,15,22,29H,11-14H2,1-3H3,(H,31,32)(H,27,28,30). The van der Waals surface area contributed by atoms with E-state index in [4.69, 9.17) is 19.7 Å². The number of imidazole rings is 1. The van der Waals surface area contributed by atoms with Crippen LogP contribution in [-0.2, 0) is 19.5 Å². The van der Waals surface area contributed by atoms with Gasteiger partial charge in [0.05, 0.1) is 48.5 Å². The molecule has 1 saturated heterocycles. The van der Waals surface area contributed by atoms with Crippen molar-refractivity contribution in [3.63, 3.8) is 0 Å². The number of sulfonamides is 1. The molecule has 0 radical (unpaired) electrons. The van der Waals surface area contributed by atoms with Crippen LogP contribution in [0.3, 0.4) is 0 Å². The maximum Gasteiger partial charge on any atom is 0.223 e. The second kappa shape index (κ2) is 10.9. The van der Waals surface area contributed by atoms with Crippen LogP contribution in [0.15, 0.2) is 36.5 Å². The third-order valence-corrected chi connectivity index (χ3v) is 6.36. The van der Waals surface area contributed by atoms with Crippen molar-refractivity contribution >= 4 is 16.0 Å². The number of ether oxygens (including phenoxy) is 2. The van der Waals surface area contributed by atoms with Crippen LogP contribution in [0.2, 0.25) is 0 Å². The van der Waals surface area contributed by atoms with Gasteiger partial charge in [0.15, 0.2) is 5.82 Å². The lowest BCUT2D eigenvalue weighted by Crippen LogP contribution is -2.45. The summed E-state index contributed by atoms with van der Waals surface area (Å²) >= 11 is 0. The Morgan fingerprint density at radius 2 is 1.95 bits per heavy atom. The van der Waals surface area contributed by atoms with Crippen LogP contribution >= 0.6 is 0 Å². The molecule has 1 fully saturated rings. The molecule has 1 aliphatic rings. The van der Waals surface area contributed by atoms with Gasteiger partial charge in [-0.2, -0.15) is 5.26 Å². The molecule has 3 N–H and O–H groups in total. The summed E-state index contributed by atoms with van der Waals surface area (Å²) < 4.78 is 50.9. The van der Waals surface area contributed by atoms with Crippen molar-refractivity contribution in [1.82, 2.24) is 24.7 Å². The van der Waals surface area contributed by atoms with Crippen molar-refractivity contribution in [3.8, 4) is 28.7 Å². The molecular formula is C24H28FN7O4S. The van der Waals surface area contributed by atoms with Crippen molar-refractivity contribution in [2.75, 3.05) is 37.9 Å². The Morgan fingerprint density at radius 3 is 2.59 bits per heavy atom. The lowest BCUT2D eigenvalue weighted by Gasteiger charge is -2.36. The fraction of sp³-hybridized carbons (Fsp3) is 0.417. The van der Waals surface area contributed by atoms with Gasteiger partial charge in [0.2, 0.25) is 22.3 Å². The van der Waals surface area contributed by atoms with Gasteiger partial charge in [-0.15, -0.1) is 0 Å². The first-order chi connectivity index (χ1) is 17.5. The van der Waals surface area contributed by atoms with Gasteiger partial charge in [-0.1, -0.05) is 6.92 Å². The first-order valence-corrected chi connectivity index (χ1v) is 13.4. The van der Waals surface area contributed by atoms with Gasteiger partial charge in [0.1, 0.15) is 5.82 Å². The summed E-state index contributed by atoms with van der Waals surface area (Å²) in [6.07, 6.45) is 1.86. The first-order valence-electron chi connectivity index (χ1n) is 11.6. The summed E-state index contributed by atoms with van der Waals surface area (Å²) in [4.78, 5) is 16.7. The van der Waals surface area contributed by atoms with Gasteiger partial charge in [-0.3, -0.25) is 0 Å². The molecule has 4 rings (SSSR count). The summed E-state index contributed by atoms with van der Waals surface area (Å²) in [6.45, 7) is 4.68. The predicted octanol–water partition coefficient (Wildman–Crippen LogP) is 2.85. The fourth-order valence-corrected chi connectivity index (χ4v) is 4.20. The SMILES string of the molecule is CC(C#N)CNc1nccc(-c2[nH]c(C3OCC(C)(CNS(C)(=O)=O)CO3)nc2-c2ccc(F)cc2)n1. The van der Waals surface area contributed by atoms with Crippen LogP contribution in [0.4, 0.5) is 10.3 Å². The Kier molecular flexibility index (Phi) is 7.84. The van der Waals surface area contributed by atoms with E-state index in [1.54, 1.807) is 31.3 Å². The molecule has 3 aromatic rings. The Balaban J connectivity index is 1.61. The molecule has 196 valence electrons. The molecule has 0 bridgehead atoms. The minimum absolute atomic E-state index is 0.171. The monoisotopic (exact) mass is 529 g/mol. The van der Waals surface area contributed by atoms with Crippen molar-refractivity contribution in [2.24, 2.45) is 11.3 Å². The number of H-pyrrole nitrogens is 1. The summed E-state index contributed by atoms with van der Waals surface area (Å²) in [6, 6.07) is 9.78. The number of hydrogen-bond donors (Lipinski definition) is 3. The summed E-state index contributed by atoms with van der Waals surface area (Å²) in [7, 11) is -3.35. The number of nitrogens with zero attached hydrogens (tertiary/aromatic N) is 4. The number of nitrogens with one attached hydrogen (secondary N) is 3. The second-order valence-corrected chi connectivity index (χ2v) is 11.2. The lowest BCUT2D eigenvalue weighted by molar-refractivity contribution is -0.231. The zero-order valence-corrected chi connectivity index (χ0v) is 21.5. The smallest absolute Gasteiger partial charge is 0.223 e. The highest BCUT2D eigenvalue weighted by Crippen LogP contribution is 2.35. The molecule has 13 heteroatoms. The van der Waals surface area contributed by atoms with Crippen LogP contribution in [-0.4, -0.2) is 60.9 Å². The van der Waals surface area contributed by atoms with Crippen LogP contribution in [0.25, 0.3) is 22.6 Å². The van der Waals surface area contributed by atoms with E-state index in [-0.39, 0.29) is 31.5 Å². The number of hydrogen-bond acceptors (Lipinski definition) is 9. The molecule has 11 nitrogen and oxygen atoms in total. The van der Waals surface area contributed by atoms with Gasteiger partial charge in [-0.25, -0.2) is 32.5 Å². The highest BCUT2D eigenvalue weighted by atomic mass is 32.2. The van der Waals surface area contributed by atoms with Crippen molar-refractivity contribution < 1.29 is 22.3 Å². The van der Waals surface area contributed by atoms with E-state index in [1.165, 1.54) is 12.1 Å². The van der Waals surface area contributed by atoms with E-state index in [9.17, 15) is 12.8 Å². The molecule has 1 aliphatic heterocycles. The normalized spacial score (nSPS) is 20.8. The maximum absolute atomic E-state index is 13.6. The third kappa shape index (κ3) is 6.86. The van der Waals surface area contributed by atoms with Crippen LogP contribution in [0.1, 0.15) is 26.0 Å². The molecule has 2 aromatic heterocycles. The number of halogens is 1. The number of benzene rings is 1. The molecule has 3 heterocycles. The Morgan fingerprint density at radius 1 is 1.24 bits per heavy atom. The molecular weight excluding hydrogens is 501 g/mol. The predicted molar refractivity (Wildman–Crippen MR) is 134 cm³/mol. The molecule has 1 atom stereocenters. The van der Waals surface area contributed by atoms with E-state index < -0.39 is 21.7 Å². The van der Waals surface area contributed by atoms with Crippen molar-refractivity contribution in [1.29, 1.82) is 5.26 Å². The number of nitriles is 1. The summed E-state index contributed by atoms with van der Waals surface area (Å²) in [5, 5.41) is 12.1. The lowest BCUT2D eigenvalue weighted by atomic mass is 9.92. The van der Waals surface area contributed by atoms with Crippen LogP contribution in [0, 0.1) is 28.5 Å². The van der Waals surface area contributed by atoms with Crippen molar-refractivity contribution in [3.05, 3.63) is 48.2 Å². The number of rotatable bonds is 9. The van der Waals surface area contributed by atoms with Gasteiger partial charge >= 0.3 is 0 Å². The van der Waals surface area contributed by atoms with E-state index in [1.807, 2.05) is 6.92 Å². The number of aromatic nitrogens is 4. The molecule has 0 spiro atoms. The molecule has 0 amide bonds. The molecule has 1 unspecified atom stereocenters. The van der Waals surface area contributed by atoms with Crippen LogP contribution < -0.4 is 10.0 Å². The van der Waals surface area contributed by atoms with Gasteiger partial charge < -0.3 is 19.8 Å². The average Bonchev–Trinajstić information content (AvgIpc) is 3.32. The van der Waals surface area contributed by atoms with Gasteiger partial charge in [-0.05, 0) is 37.3 Å². The minimum atomic E-state index is -3.35. The second-order valence-electron chi connectivity index (χ2n) is 9.39. The Bertz CT molecular complexity index is 1380. The maximum atomic E-state index is 13.6. The zero-order chi connectivity index (χ0) is 26.6. The topological polar surface area (TPSA) is 155 Å². The van der Waals surface area contributed by atoms with E-state index in [0.29, 0.717) is 41.0 Å². The van der Waals surface area contributed by atoms with Gasteiger partial charge in [0, 0.05) is 30.3 Å².